The van der Waals surface area contributed by atoms with Gasteiger partial charge in [-0.1, -0.05) is 30.3 Å². The summed E-state index contributed by atoms with van der Waals surface area (Å²) in [6.07, 6.45) is 3.06. The molecule has 31 heavy (non-hydrogen) atoms. The SMILES string of the molecule is Cc1ccccc1C(=O)NC1CCN(C(=O)c2ccc(CN3CCCC3=O)cc2)CC1. The first-order valence-corrected chi connectivity index (χ1v) is 11.0. The monoisotopic (exact) mass is 419 g/mol. The van der Waals surface area contributed by atoms with E-state index in [9.17, 15) is 14.4 Å². The number of nitrogens with one attached hydrogen (secondary N) is 1. The van der Waals surface area contributed by atoms with Crippen LogP contribution in [0, 0.1) is 6.92 Å². The van der Waals surface area contributed by atoms with Crippen molar-refractivity contribution in [2.45, 2.75) is 45.2 Å². The summed E-state index contributed by atoms with van der Waals surface area (Å²) in [6, 6.07) is 15.2. The highest BCUT2D eigenvalue weighted by atomic mass is 16.2. The topological polar surface area (TPSA) is 69.7 Å². The van der Waals surface area contributed by atoms with E-state index < -0.39 is 0 Å². The fourth-order valence-electron chi connectivity index (χ4n) is 4.34. The Morgan fingerprint density at radius 3 is 2.35 bits per heavy atom. The maximum absolute atomic E-state index is 12.9. The number of nitrogens with zero attached hydrogens (tertiary/aromatic N) is 2. The summed E-state index contributed by atoms with van der Waals surface area (Å²) in [5.41, 5.74) is 3.38. The van der Waals surface area contributed by atoms with Gasteiger partial charge in [0.2, 0.25) is 5.91 Å². The van der Waals surface area contributed by atoms with Crippen LogP contribution >= 0.6 is 0 Å². The smallest absolute Gasteiger partial charge is 0.253 e. The van der Waals surface area contributed by atoms with Crippen molar-refractivity contribution in [2.24, 2.45) is 0 Å². The van der Waals surface area contributed by atoms with E-state index in [0.717, 1.165) is 36.9 Å². The Balaban J connectivity index is 1.28. The molecule has 6 heteroatoms. The van der Waals surface area contributed by atoms with Crippen LogP contribution < -0.4 is 5.32 Å². The summed E-state index contributed by atoms with van der Waals surface area (Å²) in [7, 11) is 0. The zero-order valence-electron chi connectivity index (χ0n) is 18.0. The Morgan fingerprint density at radius 1 is 1.00 bits per heavy atom. The van der Waals surface area contributed by atoms with E-state index in [1.807, 2.05) is 65.3 Å². The lowest BCUT2D eigenvalue weighted by Crippen LogP contribution is -2.46. The molecule has 2 aliphatic rings. The Kier molecular flexibility index (Phi) is 6.35. The second-order valence-corrected chi connectivity index (χ2v) is 8.47. The van der Waals surface area contributed by atoms with Crippen LogP contribution in [0.2, 0.25) is 0 Å². The minimum Gasteiger partial charge on any atom is -0.349 e. The zero-order chi connectivity index (χ0) is 21.8. The molecule has 6 nitrogen and oxygen atoms in total. The molecule has 2 saturated heterocycles. The van der Waals surface area contributed by atoms with Crippen LogP contribution in [0.4, 0.5) is 0 Å². The largest absolute Gasteiger partial charge is 0.349 e. The minimum atomic E-state index is -0.0463. The number of amides is 3. The maximum Gasteiger partial charge on any atom is 0.253 e. The number of rotatable bonds is 5. The number of aryl methyl sites for hydroxylation is 1. The Morgan fingerprint density at radius 2 is 1.71 bits per heavy atom. The number of hydrogen-bond acceptors (Lipinski definition) is 3. The van der Waals surface area contributed by atoms with Crippen molar-refractivity contribution in [2.75, 3.05) is 19.6 Å². The molecule has 0 bridgehead atoms. The summed E-state index contributed by atoms with van der Waals surface area (Å²) in [6.45, 7) is 4.61. The molecule has 0 aromatic heterocycles. The third-order valence-corrected chi connectivity index (χ3v) is 6.25. The van der Waals surface area contributed by atoms with E-state index in [4.69, 9.17) is 0 Å². The van der Waals surface area contributed by atoms with Crippen molar-refractivity contribution in [3.05, 3.63) is 70.8 Å². The molecule has 2 heterocycles. The summed E-state index contributed by atoms with van der Waals surface area (Å²) in [5.74, 6) is 0.181. The third kappa shape index (κ3) is 4.95. The van der Waals surface area contributed by atoms with Crippen molar-refractivity contribution < 1.29 is 14.4 Å². The van der Waals surface area contributed by atoms with Crippen molar-refractivity contribution >= 4 is 17.7 Å². The van der Waals surface area contributed by atoms with Gasteiger partial charge in [0.05, 0.1) is 0 Å². The minimum absolute atomic E-state index is 0.0208. The number of hydrogen-bond donors (Lipinski definition) is 1. The highest BCUT2D eigenvalue weighted by Gasteiger charge is 2.25. The first kappa shape index (κ1) is 21.1. The van der Waals surface area contributed by atoms with Gasteiger partial charge < -0.3 is 15.1 Å². The second-order valence-electron chi connectivity index (χ2n) is 8.47. The molecule has 0 saturated carbocycles. The molecular weight excluding hydrogens is 390 g/mol. The Labute approximate surface area is 183 Å². The van der Waals surface area contributed by atoms with Gasteiger partial charge in [-0.3, -0.25) is 14.4 Å². The number of piperidine rings is 1. The van der Waals surface area contributed by atoms with E-state index in [-0.39, 0.29) is 23.8 Å². The second kappa shape index (κ2) is 9.33. The summed E-state index contributed by atoms with van der Waals surface area (Å²) in [5, 5.41) is 3.11. The van der Waals surface area contributed by atoms with Crippen molar-refractivity contribution in [1.29, 1.82) is 0 Å². The third-order valence-electron chi connectivity index (χ3n) is 6.25. The average molecular weight is 420 g/mol. The first-order chi connectivity index (χ1) is 15.0. The molecule has 1 N–H and O–H groups in total. The first-order valence-electron chi connectivity index (χ1n) is 11.0. The summed E-state index contributed by atoms with van der Waals surface area (Å²) in [4.78, 5) is 40.9. The van der Waals surface area contributed by atoms with E-state index in [1.54, 1.807) is 0 Å². The zero-order valence-corrected chi connectivity index (χ0v) is 18.0. The highest BCUT2D eigenvalue weighted by molar-refractivity contribution is 5.96. The van der Waals surface area contributed by atoms with Crippen LogP contribution in [0.5, 0.6) is 0 Å². The van der Waals surface area contributed by atoms with Gasteiger partial charge in [-0.05, 0) is 55.5 Å². The van der Waals surface area contributed by atoms with E-state index in [1.165, 1.54) is 0 Å². The molecule has 4 rings (SSSR count). The molecular formula is C25H29N3O3. The lowest BCUT2D eigenvalue weighted by molar-refractivity contribution is -0.128. The van der Waals surface area contributed by atoms with E-state index in [2.05, 4.69) is 5.32 Å². The molecule has 3 amide bonds. The normalized spacial score (nSPS) is 17.1. The molecule has 0 unspecified atom stereocenters. The number of benzene rings is 2. The van der Waals surface area contributed by atoms with Gasteiger partial charge in [-0.2, -0.15) is 0 Å². The van der Waals surface area contributed by atoms with Gasteiger partial charge >= 0.3 is 0 Å². The molecule has 0 atom stereocenters. The maximum atomic E-state index is 12.9. The van der Waals surface area contributed by atoms with Gasteiger partial charge in [-0.25, -0.2) is 0 Å². The number of carbonyl (C=O) groups excluding carboxylic acids is 3. The average Bonchev–Trinajstić information content (AvgIpc) is 3.19. The van der Waals surface area contributed by atoms with Gasteiger partial charge in [0.1, 0.15) is 0 Å². The highest BCUT2D eigenvalue weighted by Crippen LogP contribution is 2.18. The quantitative estimate of drug-likeness (QED) is 0.809. The molecule has 2 aromatic rings. The Bertz CT molecular complexity index is 962. The number of likely N-dealkylation sites (tertiary alicyclic amines) is 2. The standard InChI is InChI=1S/C25H29N3O3/c1-18-5-2-3-6-22(18)24(30)26-21-12-15-27(16-13-21)25(31)20-10-8-19(9-11-20)17-28-14-4-7-23(28)29/h2-3,5-6,8-11,21H,4,7,12-17H2,1H3,(H,26,30). The number of carbonyl (C=O) groups is 3. The van der Waals surface area contributed by atoms with E-state index >= 15 is 0 Å². The molecule has 2 aliphatic heterocycles. The lowest BCUT2D eigenvalue weighted by atomic mass is 10.0. The van der Waals surface area contributed by atoms with Gasteiger partial charge in [0.15, 0.2) is 0 Å². The molecule has 0 aliphatic carbocycles. The fraction of sp³-hybridized carbons (Fsp3) is 0.400. The van der Waals surface area contributed by atoms with Gasteiger partial charge in [0.25, 0.3) is 11.8 Å². The van der Waals surface area contributed by atoms with Crippen LogP contribution in [-0.4, -0.2) is 53.2 Å². The Hall–Kier alpha value is -3.15. The summed E-state index contributed by atoms with van der Waals surface area (Å²) >= 11 is 0. The van der Waals surface area contributed by atoms with Crippen LogP contribution in [0.25, 0.3) is 0 Å². The molecule has 0 spiro atoms. The van der Waals surface area contributed by atoms with Gasteiger partial charge in [-0.15, -0.1) is 0 Å². The lowest BCUT2D eigenvalue weighted by Gasteiger charge is -2.32. The predicted octanol–water partition coefficient (Wildman–Crippen LogP) is 3.15. The van der Waals surface area contributed by atoms with Crippen molar-refractivity contribution in [1.82, 2.24) is 15.1 Å². The molecule has 2 fully saturated rings. The van der Waals surface area contributed by atoms with Gasteiger partial charge in [0, 0.05) is 49.8 Å². The summed E-state index contributed by atoms with van der Waals surface area (Å²) < 4.78 is 0. The van der Waals surface area contributed by atoms with Crippen LogP contribution in [0.1, 0.15) is 57.5 Å². The molecule has 162 valence electrons. The van der Waals surface area contributed by atoms with E-state index in [0.29, 0.717) is 37.2 Å². The van der Waals surface area contributed by atoms with Crippen molar-refractivity contribution in [3.8, 4) is 0 Å². The fourth-order valence-corrected chi connectivity index (χ4v) is 4.34. The predicted molar refractivity (Wildman–Crippen MR) is 119 cm³/mol. The van der Waals surface area contributed by atoms with Crippen LogP contribution in [0.3, 0.4) is 0 Å². The molecule has 0 radical (unpaired) electrons. The molecule has 2 aromatic carbocycles. The van der Waals surface area contributed by atoms with Crippen molar-refractivity contribution in [3.63, 3.8) is 0 Å². The van der Waals surface area contributed by atoms with Crippen LogP contribution in [-0.2, 0) is 11.3 Å². The van der Waals surface area contributed by atoms with Crippen LogP contribution in [0.15, 0.2) is 48.5 Å².